The quantitative estimate of drug-likeness (QED) is 0.768. The van der Waals surface area contributed by atoms with E-state index in [2.05, 4.69) is 22.5 Å². The van der Waals surface area contributed by atoms with Crippen LogP contribution in [0.5, 0.6) is 5.75 Å². The lowest BCUT2D eigenvalue weighted by Gasteiger charge is -2.03. The van der Waals surface area contributed by atoms with E-state index in [1.54, 1.807) is 0 Å². The topological polar surface area (TPSA) is 27.1 Å². The lowest BCUT2D eigenvalue weighted by molar-refractivity contribution is 0.340. The molecule has 0 saturated carbocycles. The van der Waals surface area contributed by atoms with E-state index in [9.17, 15) is 0 Å². The van der Waals surface area contributed by atoms with Gasteiger partial charge in [-0.05, 0) is 32.9 Å². The maximum absolute atomic E-state index is 5.45. The van der Waals surface area contributed by atoms with Crippen LogP contribution in [0.15, 0.2) is 18.2 Å². The summed E-state index contributed by atoms with van der Waals surface area (Å²) in [5, 5.41) is 0. The third-order valence-corrected chi connectivity index (χ3v) is 2.54. The number of rotatable bonds is 3. The maximum atomic E-state index is 5.45. The summed E-state index contributed by atoms with van der Waals surface area (Å²) in [6.07, 6.45) is 0. The fourth-order valence-electron chi connectivity index (χ4n) is 1.89. The molecular weight excluding hydrogens is 188 g/mol. The molecule has 0 amide bonds. The smallest absolute Gasteiger partial charge is 0.121 e. The Hall–Kier alpha value is -1.51. The molecule has 0 aliphatic rings. The minimum atomic E-state index is 0.693. The fraction of sp³-hybridized carbons (Fsp3) is 0.417. The average Bonchev–Trinajstić information content (AvgIpc) is 2.53. The van der Waals surface area contributed by atoms with Crippen molar-refractivity contribution >= 4 is 11.0 Å². The molecule has 0 aliphatic heterocycles. The van der Waals surface area contributed by atoms with Crippen LogP contribution in [-0.2, 0) is 6.54 Å². The third-order valence-electron chi connectivity index (χ3n) is 2.54. The zero-order chi connectivity index (χ0) is 10.8. The molecule has 2 aromatic rings. The molecule has 1 aromatic carbocycles. The molecule has 0 radical (unpaired) electrons. The van der Waals surface area contributed by atoms with Gasteiger partial charge in [-0.15, -0.1) is 0 Å². The van der Waals surface area contributed by atoms with Gasteiger partial charge < -0.3 is 9.30 Å². The molecule has 0 atom stereocenters. The molecule has 1 aromatic heterocycles. The first-order valence-corrected chi connectivity index (χ1v) is 5.36. The molecule has 3 heteroatoms. The van der Waals surface area contributed by atoms with Gasteiger partial charge in [0.2, 0.25) is 0 Å². The van der Waals surface area contributed by atoms with E-state index in [0.29, 0.717) is 6.61 Å². The molecule has 15 heavy (non-hydrogen) atoms. The second-order valence-corrected chi connectivity index (χ2v) is 3.49. The SMILES string of the molecule is CCOc1ccc2c(c1)nc(C)n2CC. The van der Waals surface area contributed by atoms with Crippen LogP contribution >= 0.6 is 0 Å². The molecule has 1 heterocycles. The van der Waals surface area contributed by atoms with Crippen molar-refractivity contribution in [1.82, 2.24) is 9.55 Å². The van der Waals surface area contributed by atoms with Crippen molar-refractivity contribution in [1.29, 1.82) is 0 Å². The summed E-state index contributed by atoms with van der Waals surface area (Å²) in [5.41, 5.74) is 2.19. The van der Waals surface area contributed by atoms with Crippen molar-refractivity contribution in [2.45, 2.75) is 27.3 Å². The molecule has 0 N–H and O–H groups in total. The summed E-state index contributed by atoms with van der Waals surface area (Å²) in [6, 6.07) is 6.07. The van der Waals surface area contributed by atoms with Crippen LogP contribution in [-0.4, -0.2) is 16.2 Å². The molecule has 0 saturated heterocycles. The van der Waals surface area contributed by atoms with Crippen molar-refractivity contribution in [3.8, 4) is 5.75 Å². The van der Waals surface area contributed by atoms with E-state index in [1.165, 1.54) is 5.52 Å². The van der Waals surface area contributed by atoms with Gasteiger partial charge >= 0.3 is 0 Å². The standard InChI is InChI=1S/C12H16N2O/c1-4-14-9(3)13-11-8-10(15-5-2)6-7-12(11)14/h6-8H,4-5H2,1-3H3. The van der Waals surface area contributed by atoms with Gasteiger partial charge in [-0.25, -0.2) is 4.98 Å². The summed E-state index contributed by atoms with van der Waals surface area (Å²) in [6.45, 7) is 7.80. The minimum absolute atomic E-state index is 0.693. The van der Waals surface area contributed by atoms with Gasteiger partial charge in [0.05, 0.1) is 17.6 Å². The maximum Gasteiger partial charge on any atom is 0.121 e. The predicted molar refractivity (Wildman–Crippen MR) is 61.3 cm³/mol. The van der Waals surface area contributed by atoms with Gasteiger partial charge in [-0.3, -0.25) is 0 Å². The second kappa shape index (κ2) is 3.93. The molecule has 0 spiro atoms. The number of imidazole rings is 1. The molecular formula is C12H16N2O. The third kappa shape index (κ3) is 1.69. The normalized spacial score (nSPS) is 10.9. The number of hydrogen-bond donors (Lipinski definition) is 0. The van der Waals surface area contributed by atoms with Crippen molar-refractivity contribution in [3.05, 3.63) is 24.0 Å². The summed E-state index contributed by atoms with van der Waals surface area (Å²) in [7, 11) is 0. The Bertz CT molecular complexity index is 474. The highest BCUT2D eigenvalue weighted by atomic mass is 16.5. The zero-order valence-corrected chi connectivity index (χ0v) is 9.45. The molecule has 0 fully saturated rings. The zero-order valence-electron chi connectivity index (χ0n) is 9.45. The van der Waals surface area contributed by atoms with Gasteiger partial charge in [0, 0.05) is 12.6 Å². The highest BCUT2D eigenvalue weighted by Crippen LogP contribution is 2.21. The van der Waals surface area contributed by atoms with E-state index in [0.717, 1.165) is 23.6 Å². The largest absolute Gasteiger partial charge is 0.494 e. The molecule has 2 rings (SSSR count). The van der Waals surface area contributed by atoms with Gasteiger partial charge in [0.15, 0.2) is 0 Å². The van der Waals surface area contributed by atoms with Gasteiger partial charge in [-0.2, -0.15) is 0 Å². The van der Waals surface area contributed by atoms with Gasteiger partial charge in [0.1, 0.15) is 11.6 Å². The Morgan fingerprint density at radius 2 is 2.13 bits per heavy atom. The van der Waals surface area contributed by atoms with Crippen LogP contribution in [0.4, 0.5) is 0 Å². The Balaban J connectivity index is 2.54. The lowest BCUT2D eigenvalue weighted by Crippen LogP contribution is -1.96. The fourth-order valence-corrected chi connectivity index (χ4v) is 1.89. The lowest BCUT2D eigenvalue weighted by atomic mass is 10.3. The summed E-state index contributed by atoms with van der Waals surface area (Å²) < 4.78 is 7.65. The summed E-state index contributed by atoms with van der Waals surface area (Å²) >= 11 is 0. The van der Waals surface area contributed by atoms with E-state index < -0.39 is 0 Å². The Labute approximate surface area is 89.7 Å². The van der Waals surface area contributed by atoms with Crippen molar-refractivity contribution < 1.29 is 4.74 Å². The molecule has 0 bridgehead atoms. The van der Waals surface area contributed by atoms with E-state index >= 15 is 0 Å². The van der Waals surface area contributed by atoms with Crippen molar-refractivity contribution in [2.75, 3.05) is 6.61 Å². The van der Waals surface area contributed by atoms with E-state index in [1.807, 2.05) is 26.0 Å². The summed E-state index contributed by atoms with van der Waals surface area (Å²) in [4.78, 5) is 4.51. The molecule has 0 unspecified atom stereocenters. The minimum Gasteiger partial charge on any atom is -0.494 e. The van der Waals surface area contributed by atoms with Crippen LogP contribution in [0.2, 0.25) is 0 Å². The van der Waals surface area contributed by atoms with E-state index in [4.69, 9.17) is 4.74 Å². The highest BCUT2D eigenvalue weighted by Gasteiger charge is 2.06. The first kappa shape index (κ1) is 10.0. The van der Waals surface area contributed by atoms with Crippen molar-refractivity contribution in [3.63, 3.8) is 0 Å². The van der Waals surface area contributed by atoms with Crippen molar-refractivity contribution in [2.24, 2.45) is 0 Å². The predicted octanol–water partition coefficient (Wildman–Crippen LogP) is 2.76. The number of benzene rings is 1. The first-order valence-electron chi connectivity index (χ1n) is 5.36. The van der Waals surface area contributed by atoms with Crippen LogP contribution in [0.25, 0.3) is 11.0 Å². The van der Waals surface area contributed by atoms with Crippen LogP contribution < -0.4 is 4.74 Å². The summed E-state index contributed by atoms with van der Waals surface area (Å²) in [5.74, 6) is 1.95. The van der Waals surface area contributed by atoms with Crippen LogP contribution in [0.1, 0.15) is 19.7 Å². The van der Waals surface area contributed by atoms with Crippen LogP contribution in [0.3, 0.4) is 0 Å². The number of fused-ring (bicyclic) bond motifs is 1. The number of aromatic nitrogens is 2. The Morgan fingerprint density at radius 1 is 1.33 bits per heavy atom. The number of hydrogen-bond acceptors (Lipinski definition) is 2. The van der Waals surface area contributed by atoms with Gasteiger partial charge in [-0.1, -0.05) is 0 Å². The van der Waals surface area contributed by atoms with Crippen LogP contribution in [0, 0.1) is 6.92 Å². The Kier molecular flexibility index (Phi) is 2.62. The molecule has 3 nitrogen and oxygen atoms in total. The molecule has 80 valence electrons. The number of nitrogens with zero attached hydrogens (tertiary/aromatic N) is 2. The van der Waals surface area contributed by atoms with Gasteiger partial charge in [0.25, 0.3) is 0 Å². The molecule has 0 aliphatic carbocycles. The monoisotopic (exact) mass is 204 g/mol. The highest BCUT2D eigenvalue weighted by molar-refractivity contribution is 5.77. The average molecular weight is 204 g/mol. The number of ether oxygens (including phenoxy) is 1. The van der Waals surface area contributed by atoms with E-state index in [-0.39, 0.29) is 0 Å². The second-order valence-electron chi connectivity index (χ2n) is 3.49. The Morgan fingerprint density at radius 3 is 2.80 bits per heavy atom. The number of aryl methyl sites for hydroxylation is 2. The first-order chi connectivity index (χ1) is 7.26.